The predicted molar refractivity (Wildman–Crippen MR) is 120 cm³/mol. The number of ether oxygens (including phenoxy) is 2. The second-order valence-corrected chi connectivity index (χ2v) is 7.05. The largest absolute Gasteiger partial charge is 0.463 e. The average molecular weight is 407 g/mol. The number of para-hydroxylation sites is 1. The molecule has 2 rings (SSSR count). The van der Waals surface area contributed by atoms with Crippen molar-refractivity contribution in [3.63, 3.8) is 0 Å². The monoisotopic (exact) mass is 406 g/mol. The fourth-order valence-electron chi connectivity index (χ4n) is 2.96. The van der Waals surface area contributed by atoms with Crippen LogP contribution < -0.4 is 4.74 Å². The highest BCUT2D eigenvalue weighted by atomic mass is 16.5. The molecule has 0 N–H and O–H groups in total. The number of esters is 2. The average Bonchev–Trinajstić information content (AvgIpc) is 2.78. The van der Waals surface area contributed by atoms with Crippen LogP contribution in [0.2, 0.25) is 0 Å². The summed E-state index contributed by atoms with van der Waals surface area (Å²) in [6.45, 7) is 4.65. The van der Waals surface area contributed by atoms with Gasteiger partial charge in [0.15, 0.2) is 0 Å². The minimum Gasteiger partial charge on any atom is -0.463 e. The van der Waals surface area contributed by atoms with E-state index in [9.17, 15) is 9.59 Å². The summed E-state index contributed by atoms with van der Waals surface area (Å²) in [5.41, 5.74) is 1.25. The van der Waals surface area contributed by atoms with Gasteiger partial charge in [-0.2, -0.15) is 0 Å². The van der Waals surface area contributed by atoms with Gasteiger partial charge in [0.1, 0.15) is 5.75 Å². The van der Waals surface area contributed by atoms with Gasteiger partial charge in [0, 0.05) is 6.08 Å². The molecule has 0 saturated carbocycles. The van der Waals surface area contributed by atoms with Crippen LogP contribution in [0.4, 0.5) is 0 Å². The van der Waals surface area contributed by atoms with Gasteiger partial charge in [-0.15, -0.1) is 0 Å². The molecule has 0 amide bonds. The third-order valence-electron chi connectivity index (χ3n) is 4.80. The zero-order valence-electron chi connectivity index (χ0n) is 17.8. The Morgan fingerprint density at radius 1 is 1.03 bits per heavy atom. The van der Waals surface area contributed by atoms with E-state index in [2.05, 4.69) is 19.1 Å². The van der Waals surface area contributed by atoms with Gasteiger partial charge in [-0.05, 0) is 68.0 Å². The summed E-state index contributed by atoms with van der Waals surface area (Å²) in [6.07, 6.45) is 11.5. The van der Waals surface area contributed by atoms with Gasteiger partial charge in [0.25, 0.3) is 0 Å². The molecule has 30 heavy (non-hydrogen) atoms. The third-order valence-corrected chi connectivity index (χ3v) is 4.80. The van der Waals surface area contributed by atoms with Crippen LogP contribution in [-0.2, 0) is 9.53 Å². The van der Waals surface area contributed by atoms with Crippen molar-refractivity contribution in [3.05, 3.63) is 84.0 Å². The minimum atomic E-state index is -0.420. The zero-order valence-corrected chi connectivity index (χ0v) is 17.8. The number of hydrogen-bond acceptors (Lipinski definition) is 4. The lowest BCUT2D eigenvalue weighted by molar-refractivity contribution is -0.137. The van der Waals surface area contributed by atoms with Crippen LogP contribution in [0.15, 0.2) is 72.8 Å². The Morgan fingerprint density at radius 2 is 1.77 bits per heavy atom. The summed E-state index contributed by atoms with van der Waals surface area (Å²) in [4.78, 5) is 24.0. The van der Waals surface area contributed by atoms with Gasteiger partial charge in [-0.3, -0.25) is 0 Å². The molecule has 0 saturated heterocycles. The van der Waals surface area contributed by atoms with Crippen molar-refractivity contribution < 1.29 is 19.1 Å². The summed E-state index contributed by atoms with van der Waals surface area (Å²) >= 11 is 0. The number of allylic oxidation sites excluding steroid dienone is 2. The lowest BCUT2D eigenvalue weighted by Crippen LogP contribution is -2.08. The van der Waals surface area contributed by atoms with E-state index in [0.29, 0.717) is 23.8 Å². The minimum absolute atomic E-state index is 0.357. The van der Waals surface area contributed by atoms with Crippen molar-refractivity contribution >= 4 is 18.0 Å². The third kappa shape index (κ3) is 8.48. The molecule has 2 aromatic rings. The van der Waals surface area contributed by atoms with Crippen LogP contribution in [0, 0.1) is 5.92 Å². The molecule has 0 aromatic heterocycles. The Labute approximate surface area is 179 Å². The van der Waals surface area contributed by atoms with Crippen molar-refractivity contribution in [1.29, 1.82) is 0 Å². The van der Waals surface area contributed by atoms with Gasteiger partial charge >= 0.3 is 11.9 Å². The number of benzene rings is 2. The van der Waals surface area contributed by atoms with Crippen LogP contribution in [-0.4, -0.2) is 18.5 Å². The Kier molecular flexibility index (Phi) is 10.1. The number of carbonyl (C=O) groups excluding carboxylic acids is 2. The molecule has 0 spiro atoms. The summed E-state index contributed by atoms with van der Waals surface area (Å²) in [5, 5.41) is 0. The van der Waals surface area contributed by atoms with Crippen LogP contribution in [0.3, 0.4) is 0 Å². The van der Waals surface area contributed by atoms with E-state index in [1.54, 1.807) is 42.5 Å². The first-order chi connectivity index (χ1) is 14.6. The van der Waals surface area contributed by atoms with Crippen molar-refractivity contribution in [3.8, 4) is 5.75 Å². The molecule has 0 radical (unpaired) electrons. The summed E-state index contributed by atoms with van der Waals surface area (Å²) in [5.74, 6) is 0.365. The van der Waals surface area contributed by atoms with E-state index in [1.807, 2.05) is 25.1 Å². The van der Waals surface area contributed by atoms with Crippen LogP contribution in [0.5, 0.6) is 5.75 Å². The van der Waals surface area contributed by atoms with Gasteiger partial charge in [0.05, 0.1) is 12.2 Å². The van der Waals surface area contributed by atoms with Crippen molar-refractivity contribution in [2.75, 3.05) is 6.61 Å². The molecule has 1 unspecified atom stereocenters. The molecular weight excluding hydrogens is 376 g/mol. The predicted octanol–water partition coefficient (Wildman–Crippen LogP) is 6.23. The first kappa shape index (κ1) is 23.1. The van der Waals surface area contributed by atoms with Crippen molar-refractivity contribution in [1.82, 2.24) is 0 Å². The smallest absolute Gasteiger partial charge is 0.343 e. The number of rotatable bonds is 11. The Bertz CT molecular complexity index is 835. The van der Waals surface area contributed by atoms with Crippen LogP contribution in [0.1, 0.15) is 55.5 Å². The molecule has 158 valence electrons. The number of hydrogen-bond donors (Lipinski definition) is 0. The molecule has 0 heterocycles. The maximum absolute atomic E-state index is 12.1. The molecule has 1 atom stereocenters. The van der Waals surface area contributed by atoms with Gasteiger partial charge in [-0.25, -0.2) is 9.59 Å². The van der Waals surface area contributed by atoms with E-state index in [-0.39, 0.29) is 5.97 Å². The number of carbonyl (C=O) groups is 2. The quantitative estimate of drug-likeness (QED) is 0.146. The molecule has 0 fully saturated rings. The first-order valence-corrected chi connectivity index (χ1v) is 10.5. The Hall–Kier alpha value is -3.14. The lowest BCUT2D eigenvalue weighted by Gasteiger charge is -2.11. The van der Waals surface area contributed by atoms with Crippen molar-refractivity contribution in [2.24, 2.45) is 5.92 Å². The maximum Gasteiger partial charge on any atom is 0.343 e. The van der Waals surface area contributed by atoms with Gasteiger partial charge < -0.3 is 9.47 Å². The van der Waals surface area contributed by atoms with E-state index in [0.717, 1.165) is 31.2 Å². The standard InChI is InChI=1S/C26H30O4/c1-3-5-10-21(4-2)11-9-20-29-25(27)19-16-22-14-17-23(18-15-22)26(28)30-24-12-7-6-8-13-24/h3,5-8,12-19,21H,4,9-11,20H2,1-2H3/b5-3-,19-16+. The van der Waals surface area contributed by atoms with Crippen LogP contribution in [0.25, 0.3) is 6.08 Å². The Morgan fingerprint density at radius 3 is 2.43 bits per heavy atom. The van der Waals surface area contributed by atoms with E-state index < -0.39 is 5.97 Å². The van der Waals surface area contributed by atoms with Crippen LogP contribution >= 0.6 is 0 Å². The molecule has 2 aromatic carbocycles. The molecule has 0 aliphatic heterocycles. The Balaban J connectivity index is 1.75. The van der Waals surface area contributed by atoms with E-state index in [4.69, 9.17) is 9.47 Å². The van der Waals surface area contributed by atoms with Gasteiger partial charge in [0.2, 0.25) is 0 Å². The molecule has 0 aliphatic carbocycles. The summed E-state index contributed by atoms with van der Waals surface area (Å²) < 4.78 is 10.6. The second-order valence-electron chi connectivity index (χ2n) is 7.05. The summed E-state index contributed by atoms with van der Waals surface area (Å²) in [6, 6.07) is 15.8. The molecular formula is C26H30O4. The van der Waals surface area contributed by atoms with Gasteiger partial charge in [-0.1, -0.05) is 55.8 Å². The SMILES string of the molecule is C/C=C\CC(CC)CCCOC(=O)/C=C/c1ccc(C(=O)Oc2ccccc2)cc1. The lowest BCUT2D eigenvalue weighted by atomic mass is 9.97. The summed E-state index contributed by atoms with van der Waals surface area (Å²) in [7, 11) is 0. The fourth-order valence-corrected chi connectivity index (χ4v) is 2.96. The molecule has 4 nitrogen and oxygen atoms in total. The van der Waals surface area contributed by atoms with E-state index >= 15 is 0 Å². The first-order valence-electron chi connectivity index (χ1n) is 10.5. The highest BCUT2D eigenvalue weighted by Gasteiger charge is 2.08. The molecule has 0 aliphatic rings. The molecule has 0 bridgehead atoms. The van der Waals surface area contributed by atoms with E-state index in [1.165, 1.54) is 6.08 Å². The topological polar surface area (TPSA) is 52.6 Å². The fraction of sp³-hybridized carbons (Fsp3) is 0.308. The second kappa shape index (κ2) is 13.2. The highest BCUT2D eigenvalue weighted by molar-refractivity contribution is 5.91. The maximum atomic E-state index is 12.1. The van der Waals surface area contributed by atoms with Crippen molar-refractivity contribution in [2.45, 2.75) is 39.5 Å². The zero-order chi connectivity index (χ0) is 21.6. The molecule has 4 heteroatoms. The highest BCUT2D eigenvalue weighted by Crippen LogP contribution is 2.16. The normalized spacial score (nSPS) is 12.2.